The van der Waals surface area contributed by atoms with Crippen LogP contribution in [-0.4, -0.2) is 49.8 Å². The van der Waals surface area contributed by atoms with Gasteiger partial charge in [-0.05, 0) is 64.6 Å². The number of hydrogen-bond acceptors (Lipinski definition) is 3. The number of rotatable bonds is 3. The zero-order valence-electron chi connectivity index (χ0n) is 11.1. The lowest BCUT2D eigenvalue weighted by Crippen LogP contribution is -2.51. The van der Waals surface area contributed by atoms with Crippen LogP contribution >= 0.6 is 0 Å². The first-order chi connectivity index (χ1) is 8.26. The number of likely N-dealkylation sites (tertiary alicyclic amines) is 1. The Morgan fingerprint density at radius 3 is 2.88 bits per heavy atom. The minimum atomic E-state index is 0.294. The predicted molar refractivity (Wildman–Crippen MR) is 69.2 cm³/mol. The summed E-state index contributed by atoms with van der Waals surface area (Å²) in [6, 6.07) is 0.718. The molecule has 1 spiro atoms. The molecule has 3 rings (SSSR count). The highest BCUT2D eigenvalue weighted by Crippen LogP contribution is 2.42. The van der Waals surface area contributed by atoms with E-state index in [4.69, 9.17) is 4.74 Å². The molecule has 1 saturated carbocycles. The van der Waals surface area contributed by atoms with Gasteiger partial charge in [-0.15, -0.1) is 0 Å². The maximum Gasteiger partial charge on any atom is 0.0697 e. The zero-order valence-corrected chi connectivity index (χ0v) is 11.1. The van der Waals surface area contributed by atoms with Crippen LogP contribution in [0, 0.1) is 5.92 Å². The minimum Gasteiger partial charge on any atom is -0.375 e. The molecule has 2 saturated heterocycles. The molecule has 3 nitrogen and oxygen atoms in total. The first-order valence-corrected chi connectivity index (χ1v) is 7.32. The van der Waals surface area contributed by atoms with Gasteiger partial charge in [0, 0.05) is 19.2 Å². The van der Waals surface area contributed by atoms with E-state index in [9.17, 15) is 0 Å². The Hall–Kier alpha value is -0.120. The summed E-state index contributed by atoms with van der Waals surface area (Å²) in [5, 5.41) is 3.80. The Balaban J connectivity index is 1.42. The molecule has 17 heavy (non-hydrogen) atoms. The van der Waals surface area contributed by atoms with Gasteiger partial charge in [0.2, 0.25) is 0 Å². The van der Waals surface area contributed by atoms with Crippen LogP contribution in [0.4, 0.5) is 0 Å². The summed E-state index contributed by atoms with van der Waals surface area (Å²) in [7, 11) is 2.23. The highest BCUT2D eigenvalue weighted by atomic mass is 16.5. The van der Waals surface area contributed by atoms with Crippen molar-refractivity contribution in [2.24, 2.45) is 5.92 Å². The van der Waals surface area contributed by atoms with Crippen molar-refractivity contribution in [1.29, 1.82) is 0 Å². The molecule has 0 bridgehead atoms. The molecule has 2 heterocycles. The van der Waals surface area contributed by atoms with Gasteiger partial charge in [0.05, 0.1) is 5.60 Å². The molecule has 98 valence electrons. The van der Waals surface area contributed by atoms with E-state index in [1.807, 2.05) is 0 Å². The smallest absolute Gasteiger partial charge is 0.0697 e. The van der Waals surface area contributed by atoms with Crippen molar-refractivity contribution in [1.82, 2.24) is 10.2 Å². The van der Waals surface area contributed by atoms with Crippen molar-refractivity contribution in [2.75, 3.05) is 33.3 Å². The van der Waals surface area contributed by atoms with Gasteiger partial charge in [-0.3, -0.25) is 0 Å². The van der Waals surface area contributed by atoms with Crippen LogP contribution in [0.2, 0.25) is 0 Å². The molecule has 2 atom stereocenters. The first kappa shape index (κ1) is 11.9. The van der Waals surface area contributed by atoms with Gasteiger partial charge >= 0.3 is 0 Å². The summed E-state index contributed by atoms with van der Waals surface area (Å²) >= 11 is 0. The predicted octanol–water partition coefficient (Wildman–Crippen LogP) is 1.63. The Kier molecular flexibility index (Phi) is 3.42. The van der Waals surface area contributed by atoms with Gasteiger partial charge in [-0.2, -0.15) is 0 Å². The van der Waals surface area contributed by atoms with E-state index in [0.29, 0.717) is 5.60 Å². The molecular weight excluding hydrogens is 212 g/mol. The molecular formula is C14H26N2O. The Labute approximate surface area is 105 Å². The number of nitrogens with one attached hydrogen (secondary N) is 1. The molecule has 2 unspecified atom stereocenters. The van der Waals surface area contributed by atoms with E-state index in [2.05, 4.69) is 17.3 Å². The fourth-order valence-electron chi connectivity index (χ4n) is 3.65. The third-order valence-electron chi connectivity index (χ3n) is 4.94. The zero-order chi connectivity index (χ0) is 11.7. The van der Waals surface area contributed by atoms with Crippen LogP contribution < -0.4 is 5.32 Å². The average molecular weight is 238 g/mol. The fourth-order valence-corrected chi connectivity index (χ4v) is 3.65. The standard InChI is InChI=1S/C14H26N2O/c1-16-7-3-12(11-16)10-15-13-4-8-17-14(9-13)5-2-6-14/h12-13,15H,2-11H2,1H3. The second-order valence-corrected chi connectivity index (χ2v) is 6.40. The molecule has 0 radical (unpaired) electrons. The number of ether oxygens (including phenoxy) is 1. The molecule has 2 aliphatic heterocycles. The summed E-state index contributed by atoms with van der Waals surface area (Å²) in [6.45, 7) is 4.75. The van der Waals surface area contributed by atoms with Crippen LogP contribution in [-0.2, 0) is 4.74 Å². The van der Waals surface area contributed by atoms with E-state index < -0.39 is 0 Å². The van der Waals surface area contributed by atoms with Gasteiger partial charge in [-0.25, -0.2) is 0 Å². The molecule has 3 heteroatoms. The molecule has 3 aliphatic rings. The lowest BCUT2D eigenvalue weighted by Gasteiger charge is -2.47. The summed E-state index contributed by atoms with van der Waals surface area (Å²) < 4.78 is 5.97. The summed E-state index contributed by atoms with van der Waals surface area (Å²) in [5.74, 6) is 0.875. The quantitative estimate of drug-likeness (QED) is 0.809. The van der Waals surface area contributed by atoms with Gasteiger partial charge in [-0.1, -0.05) is 0 Å². The molecule has 0 amide bonds. The van der Waals surface area contributed by atoms with Crippen LogP contribution in [0.1, 0.15) is 38.5 Å². The first-order valence-electron chi connectivity index (χ1n) is 7.32. The minimum absolute atomic E-state index is 0.294. The second kappa shape index (κ2) is 4.87. The highest BCUT2D eigenvalue weighted by molar-refractivity contribution is 4.96. The van der Waals surface area contributed by atoms with Crippen molar-refractivity contribution < 1.29 is 4.74 Å². The third kappa shape index (κ3) is 2.67. The van der Waals surface area contributed by atoms with Gasteiger partial charge < -0.3 is 15.0 Å². The molecule has 0 aromatic carbocycles. The maximum atomic E-state index is 5.97. The van der Waals surface area contributed by atoms with Crippen molar-refractivity contribution in [3.8, 4) is 0 Å². The lowest BCUT2D eigenvalue weighted by molar-refractivity contribution is -0.135. The van der Waals surface area contributed by atoms with E-state index in [1.165, 1.54) is 58.2 Å². The third-order valence-corrected chi connectivity index (χ3v) is 4.94. The molecule has 3 fully saturated rings. The summed E-state index contributed by atoms with van der Waals surface area (Å²) in [4.78, 5) is 2.45. The van der Waals surface area contributed by atoms with Crippen LogP contribution in [0.3, 0.4) is 0 Å². The van der Waals surface area contributed by atoms with Crippen molar-refractivity contribution in [3.05, 3.63) is 0 Å². The molecule has 0 aromatic heterocycles. The largest absolute Gasteiger partial charge is 0.375 e. The molecule has 1 N–H and O–H groups in total. The summed E-state index contributed by atoms with van der Waals surface area (Å²) in [6.07, 6.45) is 7.83. The van der Waals surface area contributed by atoms with Crippen molar-refractivity contribution in [3.63, 3.8) is 0 Å². The van der Waals surface area contributed by atoms with Crippen molar-refractivity contribution in [2.45, 2.75) is 50.2 Å². The van der Waals surface area contributed by atoms with E-state index in [-0.39, 0.29) is 0 Å². The average Bonchev–Trinajstić information content (AvgIpc) is 2.71. The monoisotopic (exact) mass is 238 g/mol. The van der Waals surface area contributed by atoms with Gasteiger partial charge in [0.1, 0.15) is 0 Å². The molecule has 0 aromatic rings. The second-order valence-electron chi connectivity index (χ2n) is 6.40. The van der Waals surface area contributed by atoms with E-state index in [0.717, 1.165) is 18.6 Å². The molecule has 1 aliphatic carbocycles. The Morgan fingerprint density at radius 2 is 2.24 bits per heavy atom. The van der Waals surface area contributed by atoms with E-state index in [1.54, 1.807) is 0 Å². The SMILES string of the molecule is CN1CCC(CNC2CCOC3(CCC3)C2)C1. The fraction of sp³-hybridized carbons (Fsp3) is 1.00. The van der Waals surface area contributed by atoms with Crippen LogP contribution in [0.25, 0.3) is 0 Å². The maximum absolute atomic E-state index is 5.97. The van der Waals surface area contributed by atoms with Crippen molar-refractivity contribution >= 4 is 0 Å². The van der Waals surface area contributed by atoms with Crippen LogP contribution in [0.5, 0.6) is 0 Å². The van der Waals surface area contributed by atoms with Gasteiger partial charge in [0.15, 0.2) is 0 Å². The Morgan fingerprint density at radius 1 is 1.35 bits per heavy atom. The normalized spacial score (nSPS) is 37.2. The Bertz CT molecular complexity index is 265. The van der Waals surface area contributed by atoms with E-state index >= 15 is 0 Å². The lowest BCUT2D eigenvalue weighted by atomic mass is 9.74. The van der Waals surface area contributed by atoms with Gasteiger partial charge in [0.25, 0.3) is 0 Å². The number of nitrogens with zero attached hydrogens (tertiary/aromatic N) is 1. The summed E-state index contributed by atoms with van der Waals surface area (Å²) in [5.41, 5.74) is 0.294. The van der Waals surface area contributed by atoms with Crippen LogP contribution in [0.15, 0.2) is 0 Å². The highest BCUT2D eigenvalue weighted by Gasteiger charge is 2.42. The number of hydrogen-bond donors (Lipinski definition) is 1. The topological polar surface area (TPSA) is 24.5 Å².